The van der Waals surface area contributed by atoms with Gasteiger partial charge in [0.2, 0.25) is 0 Å². The minimum absolute atomic E-state index is 0.00647. The summed E-state index contributed by atoms with van der Waals surface area (Å²) in [5, 5.41) is 0. The summed E-state index contributed by atoms with van der Waals surface area (Å²) in [4.78, 5) is 13.6. The van der Waals surface area contributed by atoms with E-state index in [0.717, 1.165) is 38.3 Å². The van der Waals surface area contributed by atoms with Crippen LogP contribution in [0.4, 0.5) is 10.1 Å². The van der Waals surface area contributed by atoms with Gasteiger partial charge < -0.3 is 15.4 Å². The Balaban J connectivity index is 2.39. The largest absolute Gasteiger partial charge is 0.381 e. The number of halogens is 1. The Morgan fingerprint density at radius 3 is 2.65 bits per heavy atom. The molecule has 5 heteroatoms. The molecule has 0 saturated carbocycles. The summed E-state index contributed by atoms with van der Waals surface area (Å²) in [6.07, 6.45) is 1.88. The van der Waals surface area contributed by atoms with Crippen LogP contribution < -0.4 is 10.6 Å². The lowest BCUT2D eigenvalue weighted by Gasteiger charge is -2.36. The van der Waals surface area contributed by atoms with Crippen LogP contribution in [0.5, 0.6) is 0 Å². The maximum Gasteiger partial charge on any atom is 0.252 e. The highest BCUT2D eigenvalue weighted by molar-refractivity contribution is 5.96. The van der Waals surface area contributed by atoms with Gasteiger partial charge in [0.25, 0.3) is 5.91 Å². The van der Waals surface area contributed by atoms with E-state index in [1.54, 1.807) is 13.0 Å². The van der Waals surface area contributed by atoms with Crippen molar-refractivity contribution in [3.8, 4) is 0 Å². The number of nitrogens with two attached hydrogens (primary N) is 1. The SMILES string of the molecule is CCN(c1ccc(F)c(C(N)=O)c1C)C1CCOCC1. The molecule has 0 spiro atoms. The molecule has 4 nitrogen and oxygen atoms in total. The van der Waals surface area contributed by atoms with E-state index in [-0.39, 0.29) is 5.56 Å². The molecule has 0 aliphatic carbocycles. The molecular formula is C15H21FN2O2. The fraction of sp³-hybridized carbons (Fsp3) is 0.533. The van der Waals surface area contributed by atoms with Gasteiger partial charge in [0.05, 0.1) is 5.56 Å². The van der Waals surface area contributed by atoms with Crippen LogP contribution in [0.15, 0.2) is 12.1 Å². The molecule has 1 aliphatic rings. The van der Waals surface area contributed by atoms with E-state index >= 15 is 0 Å². The van der Waals surface area contributed by atoms with E-state index in [4.69, 9.17) is 10.5 Å². The first-order valence-electron chi connectivity index (χ1n) is 6.99. The quantitative estimate of drug-likeness (QED) is 0.920. The van der Waals surface area contributed by atoms with Gasteiger partial charge in [-0.05, 0) is 44.4 Å². The zero-order chi connectivity index (χ0) is 14.7. The predicted octanol–water partition coefficient (Wildman–Crippen LogP) is 2.24. The predicted molar refractivity (Wildman–Crippen MR) is 76.5 cm³/mol. The fourth-order valence-corrected chi connectivity index (χ4v) is 2.90. The molecule has 2 rings (SSSR count). The average Bonchev–Trinajstić information content (AvgIpc) is 2.43. The minimum atomic E-state index is -0.718. The second kappa shape index (κ2) is 6.22. The third-order valence-electron chi connectivity index (χ3n) is 3.91. The van der Waals surface area contributed by atoms with Crippen molar-refractivity contribution in [1.29, 1.82) is 0 Å². The molecule has 1 aliphatic heterocycles. The molecule has 1 aromatic carbocycles. The second-order valence-electron chi connectivity index (χ2n) is 5.06. The number of nitrogens with zero attached hydrogens (tertiary/aromatic N) is 1. The van der Waals surface area contributed by atoms with Gasteiger partial charge in [-0.3, -0.25) is 4.79 Å². The molecule has 0 aromatic heterocycles. The van der Waals surface area contributed by atoms with Crippen LogP contribution >= 0.6 is 0 Å². The Morgan fingerprint density at radius 2 is 2.10 bits per heavy atom. The summed E-state index contributed by atoms with van der Waals surface area (Å²) in [5.41, 5.74) is 6.78. The highest BCUT2D eigenvalue weighted by atomic mass is 19.1. The number of rotatable bonds is 4. The first kappa shape index (κ1) is 14.8. The molecule has 0 radical (unpaired) electrons. The van der Waals surface area contributed by atoms with Gasteiger partial charge in [-0.1, -0.05) is 0 Å². The lowest BCUT2D eigenvalue weighted by molar-refractivity contribution is 0.0846. The van der Waals surface area contributed by atoms with Crippen molar-refractivity contribution in [2.75, 3.05) is 24.7 Å². The summed E-state index contributed by atoms with van der Waals surface area (Å²) in [7, 11) is 0. The highest BCUT2D eigenvalue weighted by Crippen LogP contribution is 2.29. The second-order valence-corrected chi connectivity index (χ2v) is 5.06. The number of hydrogen-bond acceptors (Lipinski definition) is 3. The minimum Gasteiger partial charge on any atom is -0.381 e. The van der Waals surface area contributed by atoms with Gasteiger partial charge in [0, 0.05) is 31.5 Å². The molecule has 1 heterocycles. The first-order chi connectivity index (χ1) is 9.56. The zero-order valence-corrected chi connectivity index (χ0v) is 12.0. The maximum absolute atomic E-state index is 13.8. The Morgan fingerprint density at radius 1 is 1.45 bits per heavy atom. The average molecular weight is 280 g/mol. The van der Waals surface area contributed by atoms with Crippen molar-refractivity contribution in [3.63, 3.8) is 0 Å². The van der Waals surface area contributed by atoms with Crippen molar-refractivity contribution < 1.29 is 13.9 Å². The number of carbonyl (C=O) groups is 1. The number of carbonyl (C=O) groups excluding carboxylic acids is 1. The molecule has 1 aromatic rings. The highest BCUT2D eigenvalue weighted by Gasteiger charge is 2.24. The van der Waals surface area contributed by atoms with Crippen LogP contribution in [0, 0.1) is 12.7 Å². The molecule has 0 unspecified atom stereocenters. The molecular weight excluding hydrogens is 259 g/mol. The lowest BCUT2D eigenvalue weighted by Crippen LogP contribution is -2.40. The number of hydrogen-bond donors (Lipinski definition) is 1. The van der Waals surface area contributed by atoms with Crippen LogP contribution in [-0.2, 0) is 4.74 Å². The molecule has 1 saturated heterocycles. The first-order valence-corrected chi connectivity index (χ1v) is 6.99. The van der Waals surface area contributed by atoms with Crippen LogP contribution in [0.2, 0.25) is 0 Å². The summed E-state index contributed by atoms with van der Waals surface area (Å²) >= 11 is 0. The van der Waals surface area contributed by atoms with Crippen molar-refractivity contribution >= 4 is 11.6 Å². The van der Waals surface area contributed by atoms with Gasteiger partial charge in [-0.15, -0.1) is 0 Å². The Bertz CT molecular complexity index is 499. The molecule has 1 fully saturated rings. The van der Waals surface area contributed by atoms with Crippen molar-refractivity contribution in [2.24, 2.45) is 5.73 Å². The number of ether oxygens (including phenoxy) is 1. The summed E-state index contributed by atoms with van der Waals surface area (Å²) in [5.74, 6) is -1.27. The summed E-state index contributed by atoms with van der Waals surface area (Å²) in [6.45, 7) is 6.09. The molecule has 20 heavy (non-hydrogen) atoms. The van der Waals surface area contributed by atoms with Crippen LogP contribution in [-0.4, -0.2) is 31.7 Å². The Hall–Kier alpha value is -1.62. The number of primary amides is 1. The Labute approximate surface area is 118 Å². The van der Waals surface area contributed by atoms with Gasteiger partial charge in [-0.25, -0.2) is 4.39 Å². The third kappa shape index (κ3) is 2.77. The lowest BCUT2D eigenvalue weighted by atomic mass is 10.0. The number of amides is 1. The van der Waals surface area contributed by atoms with E-state index in [2.05, 4.69) is 11.8 Å². The van der Waals surface area contributed by atoms with Gasteiger partial charge >= 0.3 is 0 Å². The normalized spacial score (nSPS) is 16.1. The third-order valence-corrected chi connectivity index (χ3v) is 3.91. The topological polar surface area (TPSA) is 55.6 Å². The molecule has 110 valence electrons. The molecule has 1 amide bonds. The zero-order valence-electron chi connectivity index (χ0n) is 12.0. The fourth-order valence-electron chi connectivity index (χ4n) is 2.90. The molecule has 0 atom stereocenters. The van der Waals surface area contributed by atoms with E-state index in [0.29, 0.717) is 11.6 Å². The van der Waals surface area contributed by atoms with Crippen LogP contribution in [0.3, 0.4) is 0 Å². The number of benzene rings is 1. The standard InChI is InChI=1S/C15H21FN2O2/c1-3-18(11-6-8-20-9-7-11)13-5-4-12(16)14(10(13)2)15(17)19/h4-5,11H,3,6-9H2,1-2H3,(H2,17,19). The summed E-state index contributed by atoms with van der Waals surface area (Å²) < 4.78 is 19.1. The van der Waals surface area contributed by atoms with E-state index in [1.807, 2.05) is 0 Å². The van der Waals surface area contributed by atoms with E-state index < -0.39 is 11.7 Å². The molecule has 0 bridgehead atoms. The monoisotopic (exact) mass is 280 g/mol. The van der Waals surface area contributed by atoms with Crippen LogP contribution in [0.25, 0.3) is 0 Å². The van der Waals surface area contributed by atoms with Gasteiger partial charge in [0.15, 0.2) is 0 Å². The Kier molecular flexibility index (Phi) is 4.60. The van der Waals surface area contributed by atoms with E-state index in [1.165, 1.54) is 6.07 Å². The maximum atomic E-state index is 13.8. The molecule has 2 N–H and O–H groups in total. The van der Waals surface area contributed by atoms with Gasteiger partial charge in [-0.2, -0.15) is 0 Å². The smallest absolute Gasteiger partial charge is 0.252 e. The van der Waals surface area contributed by atoms with Crippen molar-refractivity contribution in [1.82, 2.24) is 0 Å². The van der Waals surface area contributed by atoms with Crippen molar-refractivity contribution in [3.05, 3.63) is 29.1 Å². The van der Waals surface area contributed by atoms with Gasteiger partial charge in [0.1, 0.15) is 5.82 Å². The van der Waals surface area contributed by atoms with E-state index in [9.17, 15) is 9.18 Å². The summed E-state index contributed by atoms with van der Waals surface area (Å²) in [6, 6.07) is 3.42. The van der Waals surface area contributed by atoms with Crippen molar-refractivity contribution in [2.45, 2.75) is 32.7 Å². The number of anilines is 1. The van der Waals surface area contributed by atoms with Crippen LogP contribution in [0.1, 0.15) is 35.7 Å².